The lowest BCUT2D eigenvalue weighted by atomic mass is 10.3. The Morgan fingerprint density at radius 3 is 2.89 bits per heavy atom. The Morgan fingerprint density at radius 2 is 2.28 bits per heavy atom. The average Bonchev–Trinajstić information content (AvgIpc) is 2.63. The summed E-state index contributed by atoms with van der Waals surface area (Å²) in [5, 5.41) is 6.47. The molecule has 0 atom stereocenters. The second kappa shape index (κ2) is 4.77. The van der Waals surface area contributed by atoms with Crippen LogP contribution in [0.4, 0.5) is 15.8 Å². The van der Waals surface area contributed by atoms with Gasteiger partial charge in [0, 0.05) is 17.7 Å². The van der Waals surface area contributed by atoms with Gasteiger partial charge >= 0.3 is 0 Å². The third-order valence-corrected chi connectivity index (χ3v) is 2.94. The van der Waals surface area contributed by atoms with Crippen molar-refractivity contribution >= 4 is 33.2 Å². The van der Waals surface area contributed by atoms with Crippen molar-refractivity contribution in [2.24, 2.45) is 7.05 Å². The number of halogens is 2. The van der Waals surface area contributed by atoms with Gasteiger partial charge in [-0.1, -0.05) is 0 Å². The van der Waals surface area contributed by atoms with Gasteiger partial charge in [-0.15, -0.1) is 0 Å². The van der Waals surface area contributed by atoms with E-state index in [9.17, 15) is 9.18 Å². The van der Waals surface area contributed by atoms with E-state index in [0.29, 0.717) is 10.2 Å². The summed E-state index contributed by atoms with van der Waals surface area (Å²) < 4.78 is 15.1. The summed E-state index contributed by atoms with van der Waals surface area (Å²) in [7, 11) is 1.66. The molecule has 3 N–H and O–H groups in total. The fourth-order valence-corrected chi connectivity index (χ4v) is 1.80. The normalized spacial score (nSPS) is 10.4. The Morgan fingerprint density at radius 1 is 1.56 bits per heavy atom. The molecule has 1 aromatic carbocycles. The van der Waals surface area contributed by atoms with Crippen LogP contribution in [0.5, 0.6) is 0 Å². The summed E-state index contributed by atoms with van der Waals surface area (Å²) in [5.41, 5.74) is 6.33. The van der Waals surface area contributed by atoms with E-state index >= 15 is 0 Å². The van der Waals surface area contributed by atoms with Crippen LogP contribution in [0.2, 0.25) is 0 Å². The SMILES string of the molecule is Cn1cc(N)c(C(=O)Nc2cc(F)ccc2Br)n1. The van der Waals surface area contributed by atoms with Gasteiger partial charge in [0.2, 0.25) is 0 Å². The molecule has 0 saturated carbocycles. The molecule has 0 spiro atoms. The van der Waals surface area contributed by atoms with Crippen LogP contribution in [0.15, 0.2) is 28.9 Å². The number of rotatable bonds is 2. The number of amides is 1. The van der Waals surface area contributed by atoms with Gasteiger partial charge in [-0.05, 0) is 34.1 Å². The highest BCUT2D eigenvalue weighted by Crippen LogP contribution is 2.24. The van der Waals surface area contributed by atoms with E-state index in [1.165, 1.54) is 29.1 Å². The third-order valence-electron chi connectivity index (χ3n) is 2.25. The minimum Gasteiger partial charge on any atom is -0.396 e. The van der Waals surface area contributed by atoms with Gasteiger partial charge in [-0.25, -0.2) is 4.39 Å². The van der Waals surface area contributed by atoms with Gasteiger partial charge in [0.05, 0.1) is 11.4 Å². The van der Waals surface area contributed by atoms with E-state index in [4.69, 9.17) is 5.73 Å². The quantitative estimate of drug-likeness (QED) is 0.892. The van der Waals surface area contributed by atoms with Crippen LogP contribution in [-0.2, 0) is 7.05 Å². The minimum atomic E-state index is -0.487. The summed E-state index contributed by atoms with van der Waals surface area (Å²) in [6.45, 7) is 0. The molecular weight excluding hydrogens is 303 g/mol. The maximum atomic E-state index is 13.1. The second-order valence-electron chi connectivity index (χ2n) is 3.69. The number of benzene rings is 1. The number of aryl methyl sites for hydroxylation is 1. The maximum absolute atomic E-state index is 13.1. The number of nitrogens with one attached hydrogen (secondary N) is 1. The van der Waals surface area contributed by atoms with Crippen molar-refractivity contribution in [1.82, 2.24) is 9.78 Å². The number of nitrogens with zero attached hydrogens (tertiary/aromatic N) is 2. The van der Waals surface area contributed by atoms with Crippen molar-refractivity contribution in [3.63, 3.8) is 0 Å². The predicted molar refractivity (Wildman–Crippen MR) is 69.7 cm³/mol. The van der Waals surface area contributed by atoms with E-state index in [0.717, 1.165) is 0 Å². The van der Waals surface area contributed by atoms with Gasteiger partial charge in [-0.3, -0.25) is 9.48 Å². The third kappa shape index (κ3) is 2.51. The van der Waals surface area contributed by atoms with Gasteiger partial charge in [-0.2, -0.15) is 5.10 Å². The maximum Gasteiger partial charge on any atom is 0.278 e. The molecule has 18 heavy (non-hydrogen) atoms. The molecule has 0 unspecified atom stereocenters. The molecule has 0 bridgehead atoms. The van der Waals surface area contributed by atoms with Gasteiger partial charge < -0.3 is 11.1 Å². The molecule has 2 rings (SSSR count). The Balaban J connectivity index is 2.26. The van der Waals surface area contributed by atoms with Gasteiger partial charge in [0.15, 0.2) is 5.69 Å². The number of carbonyl (C=O) groups excluding carboxylic acids is 1. The number of nitrogens with two attached hydrogens (primary N) is 1. The molecule has 1 amide bonds. The molecule has 0 saturated heterocycles. The zero-order chi connectivity index (χ0) is 13.3. The number of hydrogen-bond acceptors (Lipinski definition) is 3. The molecule has 5 nitrogen and oxygen atoms in total. The Labute approximate surface area is 111 Å². The van der Waals surface area contributed by atoms with Gasteiger partial charge in [0.25, 0.3) is 5.91 Å². The first-order chi connectivity index (χ1) is 8.47. The zero-order valence-electron chi connectivity index (χ0n) is 9.45. The number of nitrogen functional groups attached to an aromatic ring is 1. The lowest BCUT2D eigenvalue weighted by Crippen LogP contribution is -2.15. The molecule has 0 aliphatic rings. The second-order valence-corrected chi connectivity index (χ2v) is 4.54. The summed E-state index contributed by atoms with van der Waals surface area (Å²) in [4.78, 5) is 11.9. The lowest BCUT2D eigenvalue weighted by Gasteiger charge is -2.06. The van der Waals surface area contributed by atoms with E-state index in [1.54, 1.807) is 7.05 Å². The highest BCUT2D eigenvalue weighted by molar-refractivity contribution is 9.10. The summed E-state index contributed by atoms with van der Waals surface area (Å²) in [6.07, 6.45) is 1.52. The van der Waals surface area contributed by atoms with Crippen LogP contribution < -0.4 is 11.1 Å². The molecule has 2 aromatic rings. The van der Waals surface area contributed by atoms with Crippen LogP contribution in [0.25, 0.3) is 0 Å². The number of carbonyl (C=O) groups is 1. The molecule has 0 aliphatic carbocycles. The minimum absolute atomic E-state index is 0.105. The standard InChI is InChI=1S/C11H10BrFN4O/c1-17-5-8(14)10(16-17)11(18)15-9-4-6(13)2-3-7(9)12/h2-5H,14H2,1H3,(H,15,18). The molecular formula is C11H10BrFN4O. The summed E-state index contributed by atoms with van der Waals surface area (Å²) in [5.74, 6) is -0.929. The Bertz CT molecular complexity index is 611. The van der Waals surface area contributed by atoms with Crippen molar-refractivity contribution in [3.8, 4) is 0 Å². The van der Waals surface area contributed by atoms with Crippen molar-refractivity contribution in [3.05, 3.63) is 40.4 Å². The number of hydrogen-bond donors (Lipinski definition) is 2. The largest absolute Gasteiger partial charge is 0.396 e. The van der Waals surface area contributed by atoms with E-state index in [1.807, 2.05) is 0 Å². The molecule has 1 heterocycles. The number of aromatic nitrogens is 2. The van der Waals surface area contributed by atoms with Crippen molar-refractivity contribution in [2.45, 2.75) is 0 Å². The smallest absolute Gasteiger partial charge is 0.278 e. The van der Waals surface area contributed by atoms with Crippen LogP contribution in [0.3, 0.4) is 0 Å². The van der Waals surface area contributed by atoms with Crippen LogP contribution >= 0.6 is 15.9 Å². The zero-order valence-corrected chi connectivity index (χ0v) is 11.0. The predicted octanol–water partition coefficient (Wildman–Crippen LogP) is 2.16. The Kier molecular flexibility index (Phi) is 3.33. The number of anilines is 2. The monoisotopic (exact) mass is 312 g/mol. The van der Waals surface area contributed by atoms with E-state index in [-0.39, 0.29) is 11.4 Å². The van der Waals surface area contributed by atoms with Crippen LogP contribution in [-0.4, -0.2) is 15.7 Å². The Hall–Kier alpha value is -1.89. The van der Waals surface area contributed by atoms with Crippen molar-refractivity contribution in [1.29, 1.82) is 0 Å². The first-order valence-corrected chi connectivity index (χ1v) is 5.82. The lowest BCUT2D eigenvalue weighted by molar-refractivity contribution is 0.102. The molecule has 7 heteroatoms. The molecule has 0 fully saturated rings. The first kappa shape index (κ1) is 12.6. The van der Waals surface area contributed by atoms with E-state index in [2.05, 4.69) is 26.3 Å². The van der Waals surface area contributed by atoms with Crippen molar-refractivity contribution < 1.29 is 9.18 Å². The van der Waals surface area contributed by atoms with Crippen molar-refractivity contribution in [2.75, 3.05) is 11.1 Å². The van der Waals surface area contributed by atoms with Crippen LogP contribution in [0.1, 0.15) is 10.5 Å². The average molecular weight is 313 g/mol. The highest BCUT2D eigenvalue weighted by Gasteiger charge is 2.15. The first-order valence-electron chi connectivity index (χ1n) is 5.03. The molecule has 0 aliphatic heterocycles. The molecule has 0 radical (unpaired) electrons. The molecule has 1 aromatic heterocycles. The highest BCUT2D eigenvalue weighted by atomic mass is 79.9. The summed E-state index contributed by atoms with van der Waals surface area (Å²) in [6, 6.07) is 4.00. The van der Waals surface area contributed by atoms with Crippen LogP contribution in [0, 0.1) is 5.82 Å². The topological polar surface area (TPSA) is 72.9 Å². The molecule has 94 valence electrons. The fraction of sp³-hybridized carbons (Fsp3) is 0.0909. The van der Waals surface area contributed by atoms with E-state index < -0.39 is 11.7 Å². The summed E-state index contributed by atoms with van der Waals surface area (Å²) >= 11 is 3.22. The van der Waals surface area contributed by atoms with Gasteiger partial charge in [0.1, 0.15) is 5.82 Å². The fourth-order valence-electron chi connectivity index (χ4n) is 1.46.